The smallest absolute Gasteiger partial charge is 0.122 e. The van der Waals surface area contributed by atoms with Crippen LogP contribution in [0, 0.1) is 5.41 Å². The Labute approximate surface area is 121 Å². The lowest BCUT2D eigenvalue weighted by atomic mass is 9.92. The van der Waals surface area contributed by atoms with Gasteiger partial charge in [-0.3, -0.25) is 0 Å². The number of nitrogens with one attached hydrogen (secondary N) is 1. The summed E-state index contributed by atoms with van der Waals surface area (Å²) < 4.78 is 10.9. The second-order valence-electron chi connectivity index (χ2n) is 6.25. The molecule has 0 radical (unpaired) electrons. The van der Waals surface area contributed by atoms with Crippen molar-refractivity contribution in [1.29, 1.82) is 0 Å². The van der Waals surface area contributed by atoms with Crippen molar-refractivity contribution in [1.82, 2.24) is 5.32 Å². The van der Waals surface area contributed by atoms with Crippen LogP contribution in [0.2, 0.25) is 0 Å². The van der Waals surface area contributed by atoms with Gasteiger partial charge in [-0.1, -0.05) is 18.2 Å². The van der Waals surface area contributed by atoms with Crippen LogP contribution in [0.15, 0.2) is 24.3 Å². The zero-order valence-corrected chi connectivity index (χ0v) is 12.4. The number of rotatable bonds is 7. The highest BCUT2D eigenvalue weighted by atomic mass is 16.5. The molecule has 20 heavy (non-hydrogen) atoms. The Hall–Kier alpha value is -1.06. The van der Waals surface area contributed by atoms with Crippen molar-refractivity contribution < 1.29 is 9.47 Å². The maximum atomic E-state index is 5.72. The van der Waals surface area contributed by atoms with Crippen LogP contribution < -0.4 is 10.1 Å². The van der Waals surface area contributed by atoms with Gasteiger partial charge in [0.15, 0.2) is 0 Å². The molecule has 0 saturated heterocycles. The molecular weight excluding hydrogens is 250 g/mol. The molecule has 1 fully saturated rings. The predicted octanol–water partition coefficient (Wildman–Crippen LogP) is 2.96. The Morgan fingerprint density at radius 3 is 3.00 bits per heavy atom. The maximum absolute atomic E-state index is 5.72. The van der Waals surface area contributed by atoms with E-state index in [0.29, 0.717) is 11.3 Å². The van der Waals surface area contributed by atoms with Crippen molar-refractivity contribution in [2.24, 2.45) is 5.41 Å². The zero-order chi connectivity index (χ0) is 13.8. The first-order valence-electron chi connectivity index (χ1n) is 7.74. The number of benzene rings is 1. The molecule has 1 saturated carbocycles. The molecule has 0 bridgehead atoms. The van der Waals surface area contributed by atoms with Gasteiger partial charge in [0, 0.05) is 32.7 Å². The van der Waals surface area contributed by atoms with E-state index in [1.165, 1.54) is 24.8 Å². The fraction of sp³-hybridized carbons (Fsp3) is 0.647. The molecule has 3 heteroatoms. The van der Waals surface area contributed by atoms with Gasteiger partial charge in [0.1, 0.15) is 5.75 Å². The van der Waals surface area contributed by atoms with E-state index in [-0.39, 0.29) is 0 Å². The number of para-hydroxylation sites is 1. The first kappa shape index (κ1) is 13.9. The lowest BCUT2D eigenvalue weighted by molar-refractivity contribution is 0.171. The van der Waals surface area contributed by atoms with E-state index in [9.17, 15) is 0 Å². The van der Waals surface area contributed by atoms with Crippen LogP contribution in [0.4, 0.5) is 0 Å². The Bertz CT molecular complexity index is 442. The number of methoxy groups -OCH3 is 1. The summed E-state index contributed by atoms with van der Waals surface area (Å²) in [6.07, 6.45) is 5.03. The molecule has 1 aromatic rings. The van der Waals surface area contributed by atoms with E-state index in [1.54, 1.807) is 7.11 Å². The second-order valence-corrected chi connectivity index (χ2v) is 6.25. The predicted molar refractivity (Wildman–Crippen MR) is 80.3 cm³/mol. The van der Waals surface area contributed by atoms with Crippen LogP contribution >= 0.6 is 0 Å². The lowest BCUT2D eigenvalue weighted by Gasteiger charge is -2.27. The number of fused-ring (bicyclic) bond motifs is 1. The largest absolute Gasteiger partial charge is 0.493 e. The van der Waals surface area contributed by atoms with Crippen LogP contribution in [0.5, 0.6) is 5.75 Å². The highest BCUT2D eigenvalue weighted by Crippen LogP contribution is 2.48. The highest BCUT2D eigenvalue weighted by Gasteiger charge is 2.41. The number of hydrogen-bond donors (Lipinski definition) is 1. The maximum Gasteiger partial charge on any atom is 0.122 e. The average Bonchev–Trinajstić information content (AvgIpc) is 3.26. The van der Waals surface area contributed by atoms with Crippen molar-refractivity contribution in [3.05, 3.63) is 29.8 Å². The molecule has 1 aliphatic heterocycles. The summed E-state index contributed by atoms with van der Waals surface area (Å²) in [5.41, 5.74) is 1.90. The van der Waals surface area contributed by atoms with Crippen molar-refractivity contribution in [2.45, 2.75) is 31.6 Å². The second kappa shape index (κ2) is 6.15. The van der Waals surface area contributed by atoms with E-state index in [0.717, 1.165) is 38.5 Å². The molecule has 1 heterocycles. The van der Waals surface area contributed by atoms with Gasteiger partial charge in [0.05, 0.1) is 6.61 Å². The van der Waals surface area contributed by atoms with Crippen LogP contribution in [-0.4, -0.2) is 33.4 Å². The summed E-state index contributed by atoms with van der Waals surface area (Å²) in [7, 11) is 1.79. The Morgan fingerprint density at radius 2 is 2.20 bits per heavy atom. The van der Waals surface area contributed by atoms with Crippen molar-refractivity contribution in [2.75, 3.05) is 33.4 Å². The third-order valence-corrected chi connectivity index (χ3v) is 4.77. The van der Waals surface area contributed by atoms with Gasteiger partial charge >= 0.3 is 0 Å². The van der Waals surface area contributed by atoms with Gasteiger partial charge in [0.25, 0.3) is 0 Å². The van der Waals surface area contributed by atoms with Crippen molar-refractivity contribution in [3.8, 4) is 5.75 Å². The quantitative estimate of drug-likeness (QED) is 0.830. The van der Waals surface area contributed by atoms with Gasteiger partial charge < -0.3 is 14.8 Å². The van der Waals surface area contributed by atoms with E-state index in [1.807, 2.05) is 0 Å². The van der Waals surface area contributed by atoms with E-state index in [2.05, 4.69) is 29.6 Å². The monoisotopic (exact) mass is 275 g/mol. The number of ether oxygens (including phenoxy) is 2. The molecule has 1 aromatic carbocycles. The van der Waals surface area contributed by atoms with Crippen LogP contribution in [0.1, 0.15) is 37.2 Å². The first-order chi connectivity index (χ1) is 9.83. The normalized spacial score (nSPS) is 22.9. The lowest BCUT2D eigenvalue weighted by Crippen LogP contribution is -2.31. The molecule has 1 unspecified atom stereocenters. The first-order valence-corrected chi connectivity index (χ1v) is 7.74. The Kier molecular flexibility index (Phi) is 4.27. The summed E-state index contributed by atoms with van der Waals surface area (Å²) in [6, 6.07) is 8.46. The van der Waals surface area contributed by atoms with Crippen LogP contribution in [-0.2, 0) is 4.74 Å². The summed E-state index contributed by atoms with van der Waals surface area (Å²) in [4.78, 5) is 0. The van der Waals surface area contributed by atoms with Crippen LogP contribution in [0.25, 0.3) is 0 Å². The molecule has 2 aliphatic rings. The highest BCUT2D eigenvalue weighted by molar-refractivity contribution is 5.37. The molecule has 0 spiro atoms. The Morgan fingerprint density at radius 1 is 1.35 bits per heavy atom. The summed E-state index contributed by atoms with van der Waals surface area (Å²) in [6.45, 7) is 3.94. The Balaban J connectivity index is 1.50. The molecule has 0 amide bonds. The van der Waals surface area contributed by atoms with Gasteiger partial charge in [0.2, 0.25) is 0 Å². The topological polar surface area (TPSA) is 30.5 Å². The zero-order valence-electron chi connectivity index (χ0n) is 12.4. The summed E-state index contributed by atoms with van der Waals surface area (Å²) in [5.74, 6) is 1.67. The third kappa shape index (κ3) is 3.15. The van der Waals surface area contributed by atoms with Gasteiger partial charge in [-0.15, -0.1) is 0 Å². The standard InChI is InChI=1S/C17H25NO2/c1-19-11-9-17(7-8-17)13-18-12-14-6-10-20-16-5-3-2-4-15(14)16/h2-5,14,18H,6-13H2,1H3. The molecule has 3 nitrogen and oxygen atoms in total. The van der Waals surface area contributed by atoms with Gasteiger partial charge in [-0.05, 0) is 42.7 Å². The van der Waals surface area contributed by atoms with E-state index in [4.69, 9.17) is 9.47 Å². The minimum Gasteiger partial charge on any atom is -0.493 e. The minimum absolute atomic E-state index is 0.528. The molecular formula is C17H25NO2. The van der Waals surface area contributed by atoms with Crippen molar-refractivity contribution in [3.63, 3.8) is 0 Å². The third-order valence-electron chi connectivity index (χ3n) is 4.77. The fourth-order valence-corrected chi connectivity index (χ4v) is 3.15. The summed E-state index contributed by atoms with van der Waals surface area (Å²) in [5, 5.41) is 3.70. The van der Waals surface area contributed by atoms with E-state index >= 15 is 0 Å². The van der Waals surface area contributed by atoms with Crippen LogP contribution in [0.3, 0.4) is 0 Å². The summed E-state index contributed by atoms with van der Waals surface area (Å²) >= 11 is 0. The van der Waals surface area contributed by atoms with Crippen molar-refractivity contribution >= 4 is 0 Å². The minimum atomic E-state index is 0.528. The van der Waals surface area contributed by atoms with E-state index < -0.39 is 0 Å². The molecule has 110 valence electrons. The molecule has 0 aromatic heterocycles. The molecule has 1 aliphatic carbocycles. The van der Waals surface area contributed by atoms with Gasteiger partial charge in [-0.25, -0.2) is 0 Å². The van der Waals surface area contributed by atoms with Gasteiger partial charge in [-0.2, -0.15) is 0 Å². The SMILES string of the molecule is COCCC1(CNCC2CCOc3ccccc32)CC1. The molecule has 1 atom stereocenters. The fourth-order valence-electron chi connectivity index (χ4n) is 3.15. The molecule has 1 N–H and O–H groups in total. The molecule has 3 rings (SSSR count). The number of hydrogen-bond acceptors (Lipinski definition) is 3. The average molecular weight is 275 g/mol.